The summed E-state index contributed by atoms with van der Waals surface area (Å²) >= 11 is 1.35. The van der Waals surface area contributed by atoms with Crippen molar-refractivity contribution in [2.45, 2.75) is 17.7 Å². The number of aromatic nitrogens is 4. The molecule has 200 valence electrons. The van der Waals surface area contributed by atoms with E-state index in [1.165, 1.54) is 53.2 Å². The molecule has 0 unspecified atom stereocenters. The van der Waals surface area contributed by atoms with Crippen LogP contribution in [0.25, 0.3) is 16.6 Å². The van der Waals surface area contributed by atoms with E-state index in [0.717, 1.165) is 16.4 Å². The lowest BCUT2D eigenvalue weighted by molar-refractivity contribution is 0.343. The van der Waals surface area contributed by atoms with Gasteiger partial charge in [-0.25, -0.2) is 23.7 Å². The molecular formula is C24H19F2N7O4S2. The third kappa shape index (κ3) is 5.26. The fraction of sp³-hybridized carbons (Fsp3) is 0.208. The van der Waals surface area contributed by atoms with Crippen molar-refractivity contribution in [2.24, 2.45) is 0 Å². The number of thioether (sulfide) groups is 1. The van der Waals surface area contributed by atoms with Gasteiger partial charge in [-0.2, -0.15) is 18.0 Å². The van der Waals surface area contributed by atoms with Gasteiger partial charge in [0.1, 0.15) is 29.9 Å². The number of halogens is 2. The van der Waals surface area contributed by atoms with Gasteiger partial charge in [-0.3, -0.25) is 14.1 Å². The van der Waals surface area contributed by atoms with Gasteiger partial charge in [-0.1, -0.05) is 11.8 Å². The van der Waals surface area contributed by atoms with Crippen LogP contribution >= 0.6 is 11.8 Å². The fourth-order valence-corrected chi connectivity index (χ4v) is 5.57. The number of hydrogen-bond acceptors (Lipinski definition) is 9. The lowest BCUT2D eigenvalue weighted by Crippen LogP contribution is -2.34. The Balaban J connectivity index is 1.50. The molecule has 0 bridgehead atoms. The summed E-state index contributed by atoms with van der Waals surface area (Å²) in [5, 5.41) is 10.4. The molecule has 0 aliphatic carbocycles. The van der Waals surface area contributed by atoms with Gasteiger partial charge in [0, 0.05) is 13.1 Å². The number of hydrogen-bond donors (Lipinski definition) is 1. The highest BCUT2D eigenvalue weighted by atomic mass is 32.2. The van der Waals surface area contributed by atoms with Crippen LogP contribution in [0.3, 0.4) is 0 Å². The van der Waals surface area contributed by atoms with E-state index >= 15 is 0 Å². The van der Waals surface area contributed by atoms with Crippen LogP contribution in [-0.4, -0.2) is 57.8 Å². The van der Waals surface area contributed by atoms with Crippen molar-refractivity contribution in [1.82, 2.24) is 23.8 Å². The second kappa shape index (κ2) is 10.6. The zero-order valence-corrected chi connectivity index (χ0v) is 21.8. The van der Waals surface area contributed by atoms with Gasteiger partial charge in [0.05, 0.1) is 34.7 Å². The molecule has 11 nitrogen and oxygen atoms in total. The van der Waals surface area contributed by atoms with Crippen LogP contribution in [0.2, 0.25) is 0 Å². The highest BCUT2D eigenvalue weighted by Gasteiger charge is 2.32. The SMILES string of the molecule is CSc1ncc(-n2cnc3ccc(Oc4c(F)ccc(NS(=O)(=O)N5CC[C@@H](F)C5)c4C#N)cc3c2=O)cn1. The molecule has 4 aromatic rings. The minimum Gasteiger partial charge on any atom is -0.453 e. The molecule has 1 aliphatic rings. The van der Waals surface area contributed by atoms with Gasteiger partial charge >= 0.3 is 10.2 Å². The van der Waals surface area contributed by atoms with E-state index in [1.54, 1.807) is 6.07 Å². The molecule has 1 N–H and O–H groups in total. The summed E-state index contributed by atoms with van der Waals surface area (Å²) in [5.41, 5.74) is -0.415. The zero-order valence-electron chi connectivity index (χ0n) is 20.2. The molecule has 15 heteroatoms. The molecule has 5 rings (SSSR count). The van der Waals surface area contributed by atoms with Crippen LogP contribution < -0.4 is 15.0 Å². The molecule has 39 heavy (non-hydrogen) atoms. The predicted molar refractivity (Wildman–Crippen MR) is 140 cm³/mol. The van der Waals surface area contributed by atoms with Crippen molar-refractivity contribution in [1.29, 1.82) is 5.26 Å². The molecule has 0 amide bonds. The third-order valence-electron chi connectivity index (χ3n) is 5.92. The second-order valence-corrected chi connectivity index (χ2v) is 10.8. The summed E-state index contributed by atoms with van der Waals surface area (Å²) in [4.78, 5) is 25.8. The molecule has 1 fully saturated rings. The monoisotopic (exact) mass is 571 g/mol. The number of alkyl halides is 1. The molecule has 0 radical (unpaired) electrons. The van der Waals surface area contributed by atoms with Crippen LogP contribution in [0.5, 0.6) is 11.5 Å². The number of benzene rings is 2. The van der Waals surface area contributed by atoms with Gasteiger partial charge in [-0.15, -0.1) is 0 Å². The molecule has 0 saturated carbocycles. The van der Waals surface area contributed by atoms with Crippen LogP contribution in [-0.2, 0) is 10.2 Å². The number of fused-ring (bicyclic) bond motifs is 1. The summed E-state index contributed by atoms with van der Waals surface area (Å²) in [6.45, 7) is -0.350. The lowest BCUT2D eigenvalue weighted by atomic mass is 10.1. The normalized spacial score (nSPS) is 15.8. The second-order valence-electron chi connectivity index (χ2n) is 8.39. The summed E-state index contributed by atoms with van der Waals surface area (Å²) < 4.78 is 63.8. The lowest BCUT2D eigenvalue weighted by Gasteiger charge is -2.18. The van der Waals surface area contributed by atoms with Gasteiger partial charge in [-0.05, 0) is 43.0 Å². The molecule has 1 aliphatic heterocycles. The Morgan fingerprint density at radius 1 is 1.21 bits per heavy atom. The van der Waals surface area contributed by atoms with E-state index in [1.807, 2.05) is 6.26 Å². The van der Waals surface area contributed by atoms with Crippen molar-refractivity contribution in [3.05, 3.63) is 70.8 Å². The summed E-state index contributed by atoms with van der Waals surface area (Å²) in [6, 6.07) is 8.02. The van der Waals surface area contributed by atoms with Crippen molar-refractivity contribution in [3.8, 4) is 23.3 Å². The maximum absolute atomic E-state index is 14.8. The van der Waals surface area contributed by atoms with E-state index in [4.69, 9.17) is 4.74 Å². The largest absolute Gasteiger partial charge is 0.453 e. The van der Waals surface area contributed by atoms with Crippen molar-refractivity contribution in [2.75, 3.05) is 24.1 Å². The van der Waals surface area contributed by atoms with Crippen LogP contribution in [0.1, 0.15) is 12.0 Å². The van der Waals surface area contributed by atoms with E-state index < -0.39 is 39.1 Å². The van der Waals surface area contributed by atoms with Crippen molar-refractivity contribution < 1.29 is 21.9 Å². The quantitative estimate of drug-likeness (QED) is 0.261. The summed E-state index contributed by atoms with van der Waals surface area (Å²) in [5.74, 6) is -1.48. The predicted octanol–water partition coefficient (Wildman–Crippen LogP) is 3.40. The maximum Gasteiger partial charge on any atom is 0.301 e. The van der Waals surface area contributed by atoms with E-state index in [0.29, 0.717) is 16.4 Å². The third-order valence-corrected chi connectivity index (χ3v) is 7.98. The molecule has 2 aromatic heterocycles. The Labute approximate surface area is 225 Å². The van der Waals surface area contributed by atoms with E-state index in [-0.39, 0.29) is 36.3 Å². The first kappa shape index (κ1) is 26.5. The maximum atomic E-state index is 14.8. The number of anilines is 1. The number of nitrogens with zero attached hydrogens (tertiary/aromatic N) is 6. The van der Waals surface area contributed by atoms with Gasteiger partial charge in [0.15, 0.2) is 16.7 Å². The summed E-state index contributed by atoms with van der Waals surface area (Å²) in [6.07, 6.45) is 4.87. The van der Waals surface area contributed by atoms with Crippen LogP contribution in [0, 0.1) is 17.1 Å². The Kier molecular flexibility index (Phi) is 7.17. The smallest absolute Gasteiger partial charge is 0.301 e. The zero-order chi connectivity index (χ0) is 27.7. The molecule has 1 saturated heterocycles. The molecule has 3 heterocycles. The minimum atomic E-state index is -4.20. The topological polar surface area (TPSA) is 143 Å². The molecule has 2 aromatic carbocycles. The first-order valence-electron chi connectivity index (χ1n) is 11.4. The van der Waals surface area contributed by atoms with Crippen LogP contribution in [0.15, 0.2) is 59.0 Å². The van der Waals surface area contributed by atoms with Crippen molar-refractivity contribution >= 4 is 38.6 Å². The Hall–Kier alpha value is -4.13. The number of rotatable bonds is 7. The standard InChI is InChI=1S/C24H19F2N7O4S2/c1-38-24-28-10-15(11-29-24)33-13-30-20-4-2-16(8-17(20)23(33)34)37-22-18(9-27)21(5-3-19(22)26)31-39(35,36)32-7-6-14(25)12-32/h2-5,8,10-11,13-14,31H,6-7,12H2,1H3/t14-/m1/s1. The first-order valence-corrected chi connectivity index (χ1v) is 14.1. The average molecular weight is 572 g/mol. The fourth-order valence-electron chi connectivity index (χ4n) is 3.97. The van der Waals surface area contributed by atoms with E-state index in [9.17, 15) is 27.3 Å². The number of nitrogens with one attached hydrogen (secondary N) is 1. The molecule has 1 atom stereocenters. The summed E-state index contributed by atoms with van der Waals surface area (Å²) in [7, 11) is -4.20. The Bertz CT molecular complexity index is 1780. The average Bonchev–Trinajstić information content (AvgIpc) is 3.38. The Morgan fingerprint density at radius 3 is 2.64 bits per heavy atom. The number of ether oxygens (including phenoxy) is 1. The van der Waals surface area contributed by atoms with Crippen LogP contribution in [0.4, 0.5) is 14.5 Å². The van der Waals surface area contributed by atoms with E-state index in [2.05, 4.69) is 19.7 Å². The van der Waals surface area contributed by atoms with Gasteiger partial charge in [0.2, 0.25) is 0 Å². The minimum absolute atomic E-state index is 0.00310. The highest BCUT2D eigenvalue weighted by Crippen LogP contribution is 2.34. The Morgan fingerprint density at radius 2 is 1.97 bits per heavy atom. The highest BCUT2D eigenvalue weighted by molar-refractivity contribution is 7.98. The first-order chi connectivity index (χ1) is 18.7. The van der Waals surface area contributed by atoms with Crippen molar-refractivity contribution in [3.63, 3.8) is 0 Å². The number of nitriles is 1. The molecule has 0 spiro atoms. The molecular weight excluding hydrogens is 552 g/mol. The van der Waals surface area contributed by atoms with Gasteiger partial charge < -0.3 is 4.74 Å². The van der Waals surface area contributed by atoms with Gasteiger partial charge in [0.25, 0.3) is 5.56 Å².